The molecule has 3 N–H and O–H groups in total. The molecule has 3 heteroatoms. The molecule has 0 saturated heterocycles. The Balaban J connectivity index is 4.84. The molecule has 0 fully saturated rings. The van der Waals surface area contributed by atoms with Crippen LogP contribution in [0.2, 0.25) is 0 Å². The molecular weight excluding hydrogens is 119 g/mol. The van der Waals surface area contributed by atoms with E-state index in [4.69, 9.17) is 17.7 Å². The molecule has 0 aliphatic carbocycles. The van der Waals surface area contributed by atoms with Gasteiger partial charge in [0.15, 0.2) is 0 Å². The lowest BCUT2D eigenvalue weighted by atomic mass is 10.1. The number of nitrogens with two attached hydrogens (primary N) is 1. The maximum Gasteiger partial charge on any atom is 0.320 e. The normalized spacial score (nSPS) is 33.3. The Labute approximate surface area is 61.9 Å². The number of aliphatic carboxylic acids is 1. The second kappa shape index (κ2) is 3.45. The molecule has 0 radical (unpaired) electrons. The molecule has 3 nitrogen and oxygen atoms in total. The fraction of sp³-hybridized carbons (Fsp3) is 0.833. The second-order valence-electron chi connectivity index (χ2n) is 1.71. The Morgan fingerprint density at radius 1 is 2.22 bits per heavy atom. The van der Waals surface area contributed by atoms with E-state index in [0.717, 1.165) is 6.92 Å². The van der Waals surface area contributed by atoms with Crippen LogP contribution in [-0.2, 0) is 4.79 Å². The van der Waals surface area contributed by atoms with Crippen molar-refractivity contribution in [2.75, 3.05) is 0 Å². The lowest BCUT2D eigenvalue weighted by Gasteiger charge is -2.07. The van der Waals surface area contributed by atoms with Gasteiger partial charge in [-0.1, -0.05) is 13.8 Å². The molecule has 0 rings (SSSR count). The van der Waals surface area contributed by atoms with Crippen molar-refractivity contribution in [2.45, 2.75) is 26.2 Å². The van der Waals surface area contributed by atoms with Crippen molar-refractivity contribution in [1.29, 1.82) is 0 Å². The molecule has 0 aromatic carbocycles. The van der Waals surface area contributed by atoms with Crippen molar-refractivity contribution >= 4 is 5.97 Å². The number of hydrogen-bond acceptors (Lipinski definition) is 2. The maximum absolute atomic E-state index is 10.4. The largest absolute Gasteiger partial charge is 0.480 e. The van der Waals surface area contributed by atoms with Crippen LogP contribution in [0.4, 0.5) is 0 Å². The zero-order chi connectivity index (χ0) is 11.7. The van der Waals surface area contributed by atoms with Crippen LogP contribution < -0.4 is 5.73 Å². The Hall–Kier alpha value is -0.570. The van der Waals surface area contributed by atoms with Crippen LogP contribution in [0.5, 0.6) is 0 Å². The molecule has 0 aliphatic heterocycles. The van der Waals surface area contributed by atoms with Gasteiger partial charge in [-0.3, -0.25) is 4.79 Å². The summed E-state index contributed by atoms with van der Waals surface area (Å²) >= 11 is 0. The van der Waals surface area contributed by atoms with Gasteiger partial charge < -0.3 is 10.8 Å². The van der Waals surface area contributed by atoms with Crippen LogP contribution in [-0.4, -0.2) is 17.1 Å². The number of rotatable bonds is 3. The van der Waals surface area contributed by atoms with Crippen molar-refractivity contribution in [2.24, 2.45) is 11.6 Å². The lowest BCUT2D eigenvalue weighted by molar-refractivity contribution is -0.138. The van der Waals surface area contributed by atoms with Gasteiger partial charge in [-0.25, -0.2) is 0 Å². The quantitative estimate of drug-likeness (QED) is 0.555. The summed E-state index contributed by atoms with van der Waals surface area (Å²) in [5, 5.41) is 8.47. The van der Waals surface area contributed by atoms with Gasteiger partial charge in [-0.05, 0) is 12.3 Å². The molecule has 0 aromatic heterocycles. The SMILES string of the molecule is [2H][C@H]([C@H](N)C(=O)O)[C@@]([2H])([13CH3])C([2H])([2H])[2H]. The summed E-state index contributed by atoms with van der Waals surface area (Å²) in [6, 6.07) is -1.67. The van der Waals surface area contributed by atoms with E-state index < -0.39 is 31.2 Å². The number of carboxylic acid groups (broad SMARTS) is 1. The molecule has 3 atom stereocenters. The van der Waals surface area contributed by atoms with Gasteiger partial charge in [0.25, 0.3) is 0 Å². The number of carbonyl (C=O) groups is 1. The fourth-order valence-electron chi connectivity index (χ4n) is 0.341. The Morgan fingerprint density at radius 3 is 3.11 bits per heavy atom. The van der Waals surface area contributed by atoms with E-state index in [1.54, 1.807) is 0 Å². The molecule has 0 saturated carbocycles. The standard InChI is InChI=1S/C6H13NO2/c1-4(2)3-5(7)6(8)9/h4-5H,3,7H2,1-2H3,(H,8,9)/t5-/m0/s1/i1D3,2+1,3D,4D/t3-,4+,5-. The zero-order valence-corrected chi connectivity index (χ0v) is 5.09. The van der Waals surface area contributed by atoms with Crippen LogP contribution in [0.15, 0.2) is 0 Å². The Kier molecular flexibility index (Phi) is 1.16. The molecule has 0 amide bonds. The highest BCUT2D eigenvalue weighted by atomic mass is 16.4. The third-order valence-corrected chi connectivity index (χ3v) is 0.715. The average molecular weight is 137 g/mol. The maximum atomic E-state index is 10.4. The molecule has 9 heavy (non-hydrogen) atoms. The summed E-state index contributed by atoms with van der Waals surface area (Å²) in [4.78, 5) is 10.4. The van der Waals surface area contributed by atoms with E-state index in [0.29, 0.717) is 0 Å². The van der Waals surface area contributed by atoms with Crippen molar-refractivity contribution in [3.8, 4) is 0 Å². The highest BCUT2D eigenvalue weighted by Gasteiger charge is 2.11. The van der Waals surface area contributed by atoms with E-state index in [-0.39, 0.29) is 0 Å². The monoisotopic (exact) mass is 137 g/mol. The molecule has 0 spiro atoms. The number of hydrogen-bond donors (Lipinski definition) is 2. The fourth-order valence-corrected chi connectivity index (χ4v) is 0.341. The highest BCUT2D eigenvalue weighted by Crippen LogP contribution is 2.01. The molecule has 0 heterocycles. The average Bonchev–Trinajstić information content (AvgIpc) is 1.99. The zero-order valence-electron chi connectivity index (χ0n) is 10.1. The van der Waals surface area contributed by atoms with Gasteiger partial charge in [0.1, 0.15) is 6.04 Å². The van der Waals surface area contributed by atoms with Crippen LogP contribution in [0.25, 0.3) is 0 Å². The lowest BCUT2D eigenvalue weighted by Crippen LogP contribution is -2.31. The minimum absolute atomic E-state index is 0.987. The third kappa shape index (κ3) is 3.97. The van der Waals surface area contributed by atoms with Crippen LogP contribution in [0.1, 0.15) is 27.0 Å². The van der Waals surface area contributed by atoms with E-state index >= 15 is 0 Å². The van der Waals surface area contributed by atoms with E-state index in [1.807, 2.05) is 0 Å². The molecular formula is C6H13NO2. The first-order valence-corrected chi connectivity index (χ1v) is 2.42. The second-order valence-corrected chi connectivity index (χ2v) is 1.71. The van der Waals surface area contributed by atoms with Gasteiger partial charge >= 0.3 is 5.97 Å². The van der Waals surface area contributed by atoms with Gasteiger partial charge in [-0.2, -0.15) is 0 Å². The number of carboxylic acids is 1. The summed E-state index contributed by atoms with van der Waals surface area (Å²) < 4.78 is 35.7. The first-order valence-electron chi connectivity index (χ1n) is 5.00. The predicted octanol–water partition coefficient (Wildman–Crippen LogP) is 0.444. The van der Waals surface area contributed by atoms with E-state index in [9.17, 15) is 4.79 Å². The first-order chi connectivity index (χ1) is 6.01. The topological polar surface area (TPSA) is 63.3 Å². The van der Waals surface area contributed by atoms with Crippen molar-refractivity contribution < 1.29 is 16.8 Å². The van der Waals surface area contributed by atoms with Crippen molar-refractivity contribution in [3.63, 3.8) is 0 Å². The molecule has 0 aliphatic rings. The minimum atomic E-state index is -2.73. The van der Waals surface area contributed by atoms with Gasteiger partial charge in [0, 0.05) is 6.85 Å². The summed E-state index contributed by atoms with van der Waals surface area (Å²) in [7, 11) is 0. The smallest absolute Gasteiger partial charge is 0.320 e. The molecule has 54 valence electrons. The molecule has 0 aromatic rings. The highest BCUT2D eigenvalue weighted by molar-refractivity contribution is 5.72. The summed E-state index contributed by atoms with van der Waals surface area (Å²) in [5.74, 6) is -3.67. The Bertz CT molecular complexity index is 227. The predicted molar refractivity (Wildman–Crippen MR) is 35.1 cm³/mol. The van der Waals surface area contributed by atoms with E-state index in [2.05, 4.69) is 0 Å². The summed E-state index contributed by atoms with van der Waals surface area (Å²) in [6.45, 7) is -1.74. The van der Waals surface area contributed by atoms with Crippen LogP contribution in [0.3, 0.4) is 0 Å². The summed E-state index contributed by atoms with van der Waals surface area (Å²) in [6.07, 6.45) is -1.70. The Morgan fingerprint density at radius 2 is 2.78 bits per heavy atom. The van der Waals surface area contributed by atoms with Crippen molar-refractivity contribution in [1.82, 2.24) is 0 Å². The van der Waals surface area contributed by atoms with Crippen LogP contribution in [0, 0.1) is 5.89 Å². The van der Waals surface area contributed by atoms with Gasteiger partial charge in [0.05, 0.1) is 0 Å². The van der Waals surface area contributed by atoms with Gasteiger partial charge in [-0.15, -0.1) is 0 Å². The van der Waals surface area contributed by atoms with Gasteiger partial charge in [0.2, 0.25) is 0 Å². The molecule has 0 unspecified atom stereocenters. The third-order valence-electron chi connectivity index (χ3n) is 0.715. The van der Waals surface area contributed by atoms with Crippen molar-refractivity contribution in [3.05, 3.63) is 0 Å². The minimum Gasteiger partial charge on any atom is -0.480 e. The first kappa shape index (κ1) is 3.01. The van der Waals surface area contributed by atoms with Crippen LogP contribution >= 0.6 is 0 Å². The van der Waals surface area contributed by atoms with E-state index in [1.165, 1.54) is 0 Å². The summed E-state index contributed by atoms with van der Waals surface area (Å²) in [5.41, 5.74) is 5.09. The molecule has 0 bridgehead atoms.